The maximum absolute atomic E-state index is 12.8. The molecule has 1 atom stereocenters. The van der Waals surface area contributed by atoms with Crippen LogP contribution in [-0.4, -0.2) is 24.7 Å². The molecule has 0 aliphatic rings. The lowest BCUT2D eigenvalue weighted by molar-refractivity contribution is 0.509. The van der Waals surface area contributed by atoms with Crippen LogP contribution >= 0.6 is 11.8 Å². The Balaban J connectivity index is 2.68. The number of thioether (sulfide) groups is 1. The molecule has 0 N–H and O–H groups in total. The van der Waals surface area contributed by atoms with Crippen LogP contribution in [0.2, 0.25) is 0 Å². The molecular formula is C23H40O2S2. The van der Waals surface area contributed by atoms with Gasteiger partial charge in [-0.2, -0.15) is 11.8 Å². The maximum atomic E-state index is 12.8. The Kier molecular flexibility index (Phi) is 8.94. The zero-order chi connectivity index (χ0) is 20.9. The molecule has 0 spiro atoms. The minimum atomic E-state index is -3.08. The molecule has 0 saturated heterocycles. The monoisotopic (exact) mass is 412 g/mol. The minimum absolute atomic E-state index is 0.0217. The Bertz CT molecular complexity index is 671. The molecule has 2 nitrogen and oxygen atoms in total. The summed E-state index contributed by atoms with van der Waals surface area (Å²) >= 11 is 1.85. The van der Waals surface area contributed by atoms with Crippen LogP contribution in [0.15, 0.2) is 24.3 Å². The maximum Gasteiger partial charge on any atom is 0.155 e. The molecule has 0 fully saturated rings. The van der Waals surface area contributed by atoms with Gasteiger partial charge < -0.3 is 0 Å². The quantitative estimate of drug-likeness (QED) is 0.401. The normalized spacial score (nSPS) is 14.6. The van der Waals surface area contributed by atoms with Gasteiger partial charge in [0, 0.05) is 4.75 Å². The third-order valence-corrected chi connectivity index (χ3v) is 9.88. The highest BCUT2D eigenvalue weighted by atomic mass is 32.2. The fraction of sp³-hybridized carbons (Fsp3) is 0.739. The second-order valence-electron chi connectivity index (χ2n) is 9.27. The van der Waals surface area contributed by atoms with E-state index in [2.05, 4.69) is 65.8 Å². The van der Waals surface area contributed by atoms with Crippen molar-refractivity contribution in [2.75, 3.05) is 11.5 Å². The Morgan fingerprint density at radius 3 is 2.04 bits per heavy atom. The van der Waals surface area contributed by atoms with E-state index in [0.29, 0.717) is 24.0 Å². The molecule has 4 heteroatoms. The fourth-order valence-electron chi connectivity index (χ4n) is 2.90. The number of hydrogen-bond acceptors (Lipinski definition) is 3. The van der Waals surface area contributed by atoms with Gasteiger partial charge in [-0.15, -0.1) is 0 Å². The summed E-state index contributed by atoms with van der Waals surface area (Å²) in [6.45, 7) is 16.9. The van der Waals surface area contributed by atoms with Crippen LogP contribution in [-0.2, 0) is 14.6 Å². The molecule has 1 rings (SSSR count). The van der Waals surface area contributed by atoms with Crippen LogP contribution in [0.25, 0.3) is 0 Å². The molecule has 1 aromatic carbocycles. The Labute approximate surface area is 172 Å². The topological polar surface area (TPSA) is 34.1 Å². The predicted octanol–water partition coefficient (Wildman–Crippen LogP) is 6.80. The third kappa shape index (κ3) is 7.12. The summed E-state index contributed by atoms with van der Waals surface area (Å²) in [6, 6.07) is 8.86. The first kappa shape index (κ1) is 24.6. The average molecular weight is 413 g/mol. The van der Waals surface area contributed by atoms with Gasteiger partial charge in [0.15, 0.2) is 9.84 Å². The van der Waals surface area contributed by atoms with E-state index in [1.54, 1.807) is 0 Å². The van der Waals surface area contributed by atoms with Gasteiger partial charge in [-0.1, -0.05) is 58.4 Å². The van der Waals surface area contributed by atoms with E-state index in [1.807, 2.05) is 25.6 Å². The zero-order valence-corrected chi connectivity index (χ0v) is 20.3. The molecule has 0 radical (unpaired) electrons. The summed E-state index contributed by atoms with van der Waals surface area (Å²) in [6.07, 6.45) is 2.49. The molecule has 27 heavy (non-hydrogen) atoms. The molecule has 1 aromatic rings. The highest BCUT2D eigenvalue weighted by Crippen LogP contribution is 2.38. The molecular weight excluding hydrogens is 372 g/mol. The average Bonchev–Trinajstić information content (AvgIpc) is 2.59. The third-order valence-electron chi connectivity index (χ3n) is 5.86. The summed E-state index contributed by atoms with van der Waals surface area (Å²) in [5.41, 5.74) is 2.66. The summed E-state index contributed by atoms with van der Waals surface area (Å²) in [4.78, 5) is 0. The number of benzene rings is 1. The van der Waals surface area contributed by atoms with Gasteiger partial charge in [0.1, 0.15) is 0 Å². The van der Waals surface area contributed by atoms with Crippen LogP contribution in [0, 0.1) is 5.92 Å². The molecule has 156 valence electrons. The first-order valence-corrected chi connectivity index (χ1v) is 12.9. The Morgan fingerprint density at radius 2 is 1.56 bits per heavy atom. The summed E-state index contributed by atoms with van der Waals surface area (Å²) < 4.78 is 24.9. The summed E-state index contributed by atoms with van der Waals surface area (Å²) in [7, 11) is -3.08. The molecule has 0 bridgehead atoms. The van der Waals surface area contributed by atoms with Crippen molar-refractivity contribution < 1.29 is 8.42 Å². The predicted molar refractivity (Wildman–Crippen MR) is 123 cm³/mol. The van der Waals surface area contributed by atoms with E-state index in [9.17, 15) is 8.42 Å². The van der Waals surface area contributed by atoms with E-state index in [1.165, 1.54) is 11.1 Å². The molecule has 0 aromatic heterocycles. The van der Waals surface area contributed by atoms with E-state index < -0.39 is 14.6 Å². The second-order valence-corrected chi connectivity index (χ2v) is 13.7. The van der Waals surface area contributed by atoms with Gasteiger partial charge in [-0.3, -0.25) is 0 Å². The smallest absolute Gasteiger partial charge is 0.155 e. The fourth-order valence-corrected chi connectivity index (χ4v) is 6.13. The van der Waals surface area contributed by atoms with E-state index in [0.717, 1.165) is 18.6 Å². The van der Waals surface area contributed by atoms with Crippen LogP contribution in [0.3, 0.4) is 0 Å². The molecule has 0 amide bonds. The van der Waals surface area contributed by atoms with Crippen LogP contribution < -0.4 is 0 Å². The van der Waals surface area contributed by atoms with E-state index in [4.69, 9.17) is 0 Å². The van der Waals surface area contributed by atoms with E-state index >= 15 is 0 Å². The lowest BCUT2D eigenvalue weighted by atomic mass is 9.97. The van der Waals surface area contributed by atoms with Crippen LogP contribution in [0.5, 0.6) is 0 Å². The standard InChI is InChI=1S/C23H40O2S2/c1-9-19(4)14-17-27(24,25)22(5,6)15-16-26-23(7,8)21-12-10-20(11-13-21)18(2)3/h10-13,18-19H,9,14-17H2,1-8H3. The molecule has 0 saturated carbocycles. The number of sulfone groups is 1. The largest absolute Gasteiger partial charge is 0.228 e. The molecule has 0 heterocycles. The first-order chi connectivity index (χ1) is 12.3. The van der Waals surface area contributed by atoms with Crippen molar-refractivity contribution in [3.05, 3.63) is 35.4 Å². The van der Waals surface area contributed by atoms with Gasteiger partial charge in [0.05, 0.1) is 10.5 Å². The number of hydrogen-bond donors (Lipinski definition) is 0. The van der Waals surface area contributed by atoms with Gasteiger partial charge in [0.2, 0.25) is 0 Å². The lowest BCUT2D eigenvalue weighted by Crippen LogP contribution is -2.35. The zero-order valence-electron chi connectivity index (χ0n) is 18.6. The van der Waals surface area contributed by atoms with Gasteiger partial charge >= 0.3 is 0 Å². The molecule has 1 unspecified atom stereocenters. The summed E-state index contributed by atoms with van der Waals surface area (Å²) in [5, 5.41) is 0. The minimum Gasteiger partial charge on any atom is -0.228 e. The highest BCUT2D eigenvalue weighted by Gasteiger charge is 2.34. The molecule has 0 aliphatic heterocycles. The van der Waals surface area contributed by atoms with Gasteiger partial charge in [-0.25, -0.2) is 8.42 Å². The van der Waals surface area contributed by atoms with Crippen LogP contribution in [0.1, 0.15) is 91.7 Å². The molecule has 0 aliphatic carbocycles. The highest BCUT2D eigenvalue weighted by molar-refractivity contribution is 8.00. The van der Waals surface area contributed by atoms with Crippen molar-refractivity contribution in [2.24, 2.45) is 5.92 Å². The van der Waals surface area contributed by atoms with E-state index in [-0.39, 0.29) is 4.75 Å². The second kappa shape index (κ2) is 9.82. The van der Waals surface area contributed by atoms with Crippen molar-refractivity contribution in [3.8, 4) is 0 Å². The van der Waals surface area contributed by atoms with Crippen molar-refractivity contribution in [2.45, 2.75) is 90.1 Å². The Morgan fingerprint density at radius 1 is 1.00 bits per heavy atom. The SMILES string of the molecule is CCC(C)CCS(=O)(=O)C(C)(C)CCSC(C)(C)c1ccc(C(C)C)cc1. The van der Waals surface area contributed by atoms with Gasteiger partial charge in [0.25, 0.3) is 0 Å². The van der Waals surface area contributed by atoms with Crippen molar-refractivity contribution >= 4 is 21.6 Å². The lowest BCUT2D eigenvalue weighted by Gasteiger charge is -2.29. The Hall–Kier alpha value is -0.480. The van der Waals surface area contributed by atoms with Crippen molar-refractivity contribution in [1.82, 2.24) is 0 Å². The first-order valence-electron chi connectivity index (χ1n) is 10.3. The number of rotatable bonds is 11. The summed E-state index contributed by atoms with van der Waals surface area (Å²) in [5.74, 6) is 2.16. The van der Waals surface area contributed by atoms with Gasteiger partial charge in [-0.05, 0) is 69.3 Å². The van der Waals surface area contributed by atoms with Crippen molar-refractivity contribution in [3.63, 3.8) is 0 Å². The van der Waals surface area contributed by atoms with Crippen LogP contribution in [0.4, 0.5) is 0 Å². The van der Waals surface area contributed by atoms with Crippen molar-refractivity contribution in [1.29, 1.82) is 0 Å².